The van der Waals surface area contributed by atoms with Gasteiger partial charge in [-0.3, -0.25) is 0 Å². The van der Waals surface area contributed by atoms with Gasteiger partial charge >= 0.3 is 0 Å². The standard InChI is InChI=1S/C16H24N2O/c1-13(2)19-15-6-4-3-5-14(15)18-9-7-16(8-10-18)11-17-12-16/h3-6,13,17H,7-12H2,1-2H3. The van der Waals surface area contributed by atoms with E-state index in [1.54, 1.807) is 0 Å². The van der Waals surface area contributed by atoms with E-state index in [0.717, 1.165) is 18.8 Å². The van der Waals surface area contributed by atoms with Crippen molar-refractivity contribution < 1.29 is 4.74 Å². The monoisotopic (exact) mass is 260 g/mol. The molecule has 2 saturated heterocycles. The number of ether oxygens (including phenoxy) is 1. The SMILES string of the molecule is CC(C)Oc1ccccc1N1CCC2(CC1)CNC2. The summed E-state index contributed by atoms with van der Waals surface area (Å²) in [7, 11) is 0. The van der Waals surface area contributed by atoms with Crippen LogP contribution >= 0.6 is 0 Å². The van der Waals surface area contributed by atoms with Gasteiger partial charge in [0.25, 0.3) is 0 Å². The third kappa shape index (κ3) is 2.57. The van der Waals surface area contributed by atoms with Crippen molar-refractivity contribution in [3.63, 3.8) is 0 Å². The minimum absolute atomic E-state index is 0.230. The zero-order valence-electron chi connectivity index (χ0n) is 12.0. The second kappa shape index (κ2) is 5.04. The summed E-state index contributed by atoms with van der Waals surface area (Å²) in [6, 6.07) is 8.44. The fraction of sp³-hybridized carbons (Fsp3) is 0.625. The summed E-state index contributed by atoms with van der Waals surface area (Å²) < 4.78 is 5.94. The molecule has 19 heavy (non-hydrogen) atoms. The molecule has 2 fully saturated rings. The van der Waals surface area contributed by atoms with E-state index in [1.807, 2.05) is 0 Å². The number of benzene rings is 1. The second-order valence-electron chi connectivity index (χ2n) is 6.22. The van der Waals surface area contributed by atoms with Gasteiger partial charge in [-0.2, -0.15) is 0 Å². The summed E-state index contributed by atoms with van der Waals surface area (Å²) >= 11 is 0. The van der Waals surface area contributed by atoms with Crippen molar-refractivity contribution in [2.24, 2.45) is 5.41 Å². The minimum atomic E-state index is 0.230. The number of hydrogen-bond donors (Lipinski definition) is 1. The number of nitrogens with one attached hydrogen (secondary N) is 1. The maximum atomic E-state index is 5.94. The molecule has 2 aliphatic rings. The first-order valence-electron chi connectivity index (χ1n) is 7.40. The van der Waals surface area contributed by atoms with Gasteiger partial charge in [-0.1, -0.05) is 12.1 Å². The van der Waals surface area contributed by atoms with Gasteiger partial charge in [0, 0.05) is 26.2 Å². The summed E-state index contributed by atoms with van der Waals surface area (Å²) in [5.74, 6) is 1.03. The fourth-order valence-corrected chi connectivity index (χ4v) is 3.13. The van der Waals surface area contributed by atoms with E-state index in [2.05, 4.69) is 48.3 Å². The second-order valence-corrected chi connectivity index (χ2v) is 6.22. The van der Waals surface area contributed by atoms with Gasteiger partial charge in [-0.15, -0.1) is 0 Å². The van der Waals surface area contributed by atoms with Crippen molar-refractivity contribution in [2.45, 2.75) is 32.8 Å². The third-order valence-corrected chi connectivity index (χ3v) is 4.39. The molecule has 2 aliphatic heterocycles. The van der Waals surface area contributed by atoms with Crippen molar-refractivity contribution >= 4 is 5.69 Å². The highest BCUT2D eigenvalue weighted by Gasteiger charge is 2.39. The molecule has 0 amide bonds. The Labute approximate surface area is 115 Å². The van der Waals surface area contributed by atoms with Crippen LogP contribution in [0.3, 0.4) is 0 Å². The molecule has 0 aliphatic carbocycles. The Morgan fingerprint density at radius 2 is 1.84 bits per heavy atom. The molecule has 0 bridgehead atoms. The first kappa shape index (κ1) is 12.8. The van der Waals surface area contributed by atoms with Gasteiger partial charge in [0.2, 0.25) is 0 Å². The predicted molar refractivity (Wildman–Crippen MR) is 79.0 cm³/mol. The highest BCUT2D eigenvalue weighted by atomic mass is 16.5. The largest absolute Gasteiger partial charge is 0.489 e. The number of hydrogen-bond acceptors (Lipinski definition) is 3. The van der Waals surface area contributed by atoms with E-state index in [-0.39, 0.29) is 6.10 Å². The van der Waals surface area contributed by atoms with E-state index in [0.29, 0.717) is 5.41 Å². The minimum Gasteiger partial charge on any atom is -0.489 e. The molecule has 2 heterocycles. The average Bonchev–Trinajstić information content (AvgIpc) is 2.37. The van der Waals surface area contributed by atoms with Crippen molar-refractivity contribution in [2.75, 3.05) is 31.1 Å². The summed E-state index contributed by atoms with van der Waals surface area (Å²) in [6.45, 7) is 8.90. The number of nitrogens with zero attached hydrogens (tertiary/aromatic N) is 1. The molecule has 104 valence electrons. The number of anilines is 1. The van der Waals surface area contributed by atoms with Crippen LogP contribution in [0.5, 0.6) is 5.75 Å². The maximum Gasteiger partial charge on any atom is 0.142 e. The van der Waals surface area contributed by atoms with Crippen LogP contribution in [0, 0.1) is 5.41 Å². The predicted octanol–water partition coefficient (Wildman–Crippen LogP) is 2.66. The molecule has 0 aromatic heterocycles. The van der Waals surface area contributed by atoms with E-state index < -0.39 is 0 Å². The molecule has 0 atom stereocenters. The van der Waals surface area contributed by atoms with Crippen molar-refractivity contribution in [1.82, 2.24) is 5.32 Å². The van der Waals surface area contributed by atoms with Crippen molar-refractivity contribution in [3.8, 4) is 5.75 Å². The zero-order valence-corrected chi connectivity index (χ0v) is 12.0. The smallest absolute Gasteiger partial charge is 0.142 e. The topological polar surface area (TPSA) is 24.5 Å². The first-order valence-corrected chi connectivity index (χ1v) is 7.40. The Kier molecular flexibility index (Phi) is 3.40. The van der Waals surface area contributed by atoms with E-state index >= 15 is 0 Å². The Morgan fingerprint density at radius 1 is 1.16 bits per heavy atom. The molecule has 3 heteroatoms. The lowest BCUT2D eigenvalue weighted by molar-refractivity contribution is 0.126. The molecule has 1 N–H and O–H groups in total. The lowest BCUT2D eigenvalue weighted by Gasteiger charge is -2.49. The van der Waals surface area contributed by atoms with Crippen LogP contribution in [0.4, 0.5) is 5.69 Å². The van der Waals surface area contributed by atoms with Gasteiger partial charge in [0.1, 0.15) is 5.75 Å². The van der Waals surface area contributed by atoms with Crippen LogP contribution < -0.4 is 15.0 Å². The van der Waals surface area contributed by atoms with Crippen molar-refractivity contribution in [3.05, 3.63) is 24.3 Å². The van der Waals surface area contributed by atoms with Gasteiger partial charge in [-0.25, -0.2) is 0 Å². The summed E-state index contributed by atoms with van der Waals surface area (Å²) in [5.41, 5.74) is 1.86. The Hall–Kier alpha value is -1.22. The Bertz CT molecular complexity index is 430. The molecule has 1 spiro atoms. The highest BCUT2D eigenvalue weighted by molar-refractivity contribution is 5.58. The Morgan fingerprint density at radius 3 is 2.42 bits per heavy atom. The lowest BCUT2D eigenvalue weighted by Crippen LogP contribution is -2.58. The van der Waals surface area contributed by atoms with Crippen LogP contribution in [0.2, 0.25) is 0 Å². The molecule has 3 nitrogen and oxygen atoms in total. The third-order valence-electron chi connectivity index (χ3n) is 4.39. The fourth-order valence-electron chi connectivity index (χ4n) is 3.13. The van der Waals surface area contributed by atoms with Crippen molar-refractivity contribution in [1.29, 1.82) is 0 Å². The first-order chi connectivity index (χ1) is 9.19. The quantitative estimate of drug-likeness (QED) is 0.904. The van der Waals surface area contributed by atoms with Gasteiger partial charge in [0.15, 0.2) is 0 Å². The molecule has 1 aromatic carbocycles. The molecule has 1 aromatic rings. The van der Waals surface area contributed by atoms with E-state index in [9.17, 15) is 0 Å². The van der Waals surface area contributed by atoms with E-state index in [4.69, 9.17) is 4.74 Å². The van der Waals surface area contributed by atoms with E-state index in [1.165, 1.54) is 31.6 Å². The number of rotatable bonds is 3. The van der Waals surface area contributed by atoms with Crippen LogP contribution in [0.1, 0.15) is 26.7 Å². The molecule has 0 radical (unpaired) electrons. The maximum absolute atomic E-state index is 5.94. The molecular weight excluding hydrogens is 236 g/mol. The van der Waals surface area contributed by atoms with Gasteiger partial charge < -0.3 is 15.0 Å². The summed E-state index contributed by atoms with van der Waals surface area (Å²) in [5, 5.41) is 3.42. The van der Waals surface area contributed by atoms with Gasteiger partial charge in [-0.05, 0) is 44.2 Å². The highest BCUT2D eigenvalue weighted by Crippen LogP contribution is 2.38. The molecule has 0 saturated carbocycles. The van der Waals surface area contributed by atoms with Gasteiger partial charge in [0.05, 0.1) is 11.8 Å². The number of para-hydroxylation sites is 2. The van der Waals surface area contributed by atoms with Crippen LogP contribution in [-0.4, -0.2) is 32.3 Å². The lowest BCUT2D eigenvalue weighted by atomic mass is 9.73. The summed E-state index contributed by atoms with van der Waals surface area (Å²) in [4.78, 5) is 2.49. The molecule has 3 rings (SSSR count). The zero-order chi connectivity index (χ0) is 13.3. The van der Waals surface area contributed by atoms with Crippen LogP contribution in [-0.2, 0) is 0 Å². The summed E-state index contributed by atoms with van der Waals surface area (Å²) in [6.07, 6.45) is 2.83. The van der Waals surface area contributed by atoms with Crippen LogP contribution in [0.25, 0.3) is 0 Å². The molecule has 0 unspecified atom stereocenters. The number of piperidine rings is 1. The van der Waals surface area contributed by atoms with Crippen LogP contribution in [0.15, 0.2) is 24.3 Å². The average molecular weight is 260 g/mol. The Balaban J connectivity index is 1.72. The normalized spacial score (nSPS) is 21.5. The molecular formula is C16H24N2O.